The Morgan fingerprint density at radius 1 is 1.27 bits per heavy atom. The van der Waals surface area contributed by atoms with Crippen LogP contribution in [0, 0.1) is 11.7 Å². The lowest BCUT2D eigenvalue weighted by molar-refractivity contribution is 0.0998. The number of hydrogen-bond donors (Lipinski definition) is 1. The molecule has 0 spiro atoms. The SMILES string of the molecule is CC(C)N1CCC(CNCc2nccc3c2N=C(COc2ccc(F)c(Cl)c2)CC3=O)CC1. The molecule has 6 nitrogen and oxygen atoms in total. The number of fused-ring (bicyclic) bond motifs is 1. The van der Waals surface area contributed by atoms with Crippen LogP contribution < -0.4 is 10.1 Å². The summed E-state index contributed by atoms with van der Waals surface area (Å²) in [5.74, 6) is 0.576. The van der Waals surface area contributed by atoms with E-state index >= 15 is 0 Å². The molecule has 2 aliphatic heterocycles. The number of aliphatic imine (C=N–C) groups is 1. The lowest BCUT2D eigenvalue weighted by Crippen LogP contribution is -2.40. The van der Waals surface area contributed by atoms with E-state index in [9.17, 15) is 9.18 Å². The number of ether oxygens (including phenoxy) is 1. The summed E-state index contributed by atoms with van der Waals surface area (Å²) in [6, 6.07) is 6.50. The van der Waals surface area contributed by atoms with Crippen molar-refractivity contribution in [1.29, 1.82) is 0 Å². The Morgan fingerprint density at radius 3 is 2.79 bits per heavy atom. The van der Waals surface area contributed by atoms with Crippen LogP contribution in [0.5, 0.6) is 5.75 Å². The maximum atomic E-state index is 13.4. The van der Waals surface area contributed by atoms with Crippen LogP contribution in [0.2, 0.25) is 5.02 Å². The molecule has 33 heavy (non-hydrogen) atoms. The number of piperidine rings is 1. The quantitative estimate of drug-likeness (QED) is 0.596. The molecule has 0 atom stereocenters. The van der Waals surface area contributed by atoms with Crippen molar-refractivity contribution in [3.8, 4) is 5.75 Å². The zero-order chi connectivity index (χ0) is 23.4. The predicted molar refractivity (Wildman–Crippen MR) is 128 cm³/mol. The minimum Gasteiger partial charge on any atom is -0.488 e. The number of likely N-dealkylation sites (tertiary alicyclic amines) is 1. The third kappa shape index (κ3) is 5.96. The third-order valence-electron chi connectivity index (χ3n) is 6.34. The first-order valence-electron chi connectivity index (χ1n) is 11.5. The van der Waals surface area contributed by atoms with Gasteiger partial charge in [0.2, 0.25) is 0 Å². The standard InChI is InChI=1S/C25H30ClFN4O2/c1-16(2)31-9-6-17(7-10-31)13-28-14-23-25-20(5-8-29-23)24(32)11-18(30-25)15-33-19-3-4-22(27)21(26)12-19/h3-5,8,12,16-17,28H,6-7,9-11,13-15H2,1-2H3. The monoisotopic (exact) mass is 472 g/mol. The van der Waals surface area contributed by atoms with Gasteiger partial charge in [-0.05, 0) is 70.4 Å². The topological polar surface area (TPSA) is 66.8 Å². The Bertz CT molecular complexity index is 1040. The van der Waals surface area contributed by atoms with Crippen molar-refractivity contribution in [2.45, 2.75) is 45.7 Å². The highest BCUT2D eigenvalue weighted by molar-refractivity contribution is 6.30. The van der Waals surface area contributed by atoms with Crippen molar-refractivity contribution in [2.75, 3.05) is 26.2 Å². The molecule has 1 N–H and O–H groups in total. The van der Waals surface area contributed by atoms with Gasteiger partial charge in [-0.1, -0.05) is 11.6 Å². The number of carbonyl (C=O) groups is 1. The van der Waals surface area contributed by atoms with E-state index in [0.29, 0.717) is 41.2 Å². The van der Waals surface area contributed by atoms with Crippen molar-refractivity contribution in [2.24, 2.45) is 10.9 Å². The van der Waals surface area contributed by atoms with Gasteiger partial charge < -0.3 is 15.0 Å². The maximum Gasteiger partial charge on any atom is 0.170 e. The number of nitrogens with zero attached hydrogens (tertiary/aromatic N) is 3. The fourth-order valence-electron chi connectivity index (χ4n) is 4.34. The largest absolute Gasteiger partial charge is 0.488 e. The van der Waals surface area contributed by atoms with Crippen LogP contribution in [-0.4, -0.2) is 53.7 Å². The first kappa shape index (κ1) is 23.8. The Labute approximate surface area is 199 Å². The minimum absolute atomic E-state index is 0.000413. The number of pyridine rings is 1. The Morgan fingerprint density at radius 2 is 2.06 bits per heavy atom. The number of nitrogens with one attached hydrogen (secondary N) is 1. The molecule has 2 aromatic rings. The highest BCUT2D eigenvalue weighted by Crippen LogP contribution is 2.29. The van der Waals surface area contributed by atoms with Crippen LogP contribution in [0.4, 0.5) is 10.1 Å². The van der Waals surface area contributed by atoms with Gasteiger partial charge in [-0.25, -0.2) is 4.39 Å². The van der Waals surface area contributed by atoms with E-state index in [1.165, 1.54) is 31.0 Å². The maximum absolute atomic E-state index is 13.4. The Kier molecular flexibility index (Phi) is 7.73. The molecule has 0 saturated carbocycles. The molecule has 1 saturated heterocycles. The van der Waals surface area contributed by atoms with E-state index in [1.807, 2.05) is 0 Å². The second kappa shape index (κ2) is 10.7. The normalized spacial score (nSPS) is 17.2. The second-order valence-electron chi connectivity index (χ2n) is 9.00. The van der Waals surface area contributed by atoms with E-state index in [1.54, 1.807) is 12.3 Å². The average Bonchev–Trinajstić information content (AvgIpc) is 2.80. The third-order valence-corrected chi connectivity index (χ3v) is 6.63. The first-order valence-corrected chi connectivity index (χ1v) is 11.9. The lowest BCUT2D eigenvalue weighted by atomic mass is 9.96. The molecule has 3 heterocycles. The van der Waals surface area contributed by atoms with Crippen molar-refractivity contribution in [1.82, 2.24) is 15.2 Å². The molecule has 0 amide bonds. The number of ketones is 1. The Balaban J connectivity index is 1.37. The molecule has 4 rings (SSSR count). The summed E-state index contributed by atoms with van der Waals surface area (Å²) in [7, 11) is 0. The fourth-order valence-corrected chi connectivity index (χ4v) is 4.51. The smallest absolute Gasteiger partial charge is 0.170 e. The van der Waals surface area contributed by atoms with Gasteiger partial charge in [-0.2, -0.15) is 0 Å². The van der Waals surface area contributed by atoms with E-state index < -0.39 is 5.82 Å². The number of rotatable bonds is 8. The molecule has 8 heteroatoms. The van der Waals surface area contributed by atoms with Gasteiger partial charge in [0.1, 0.15) is 18.2 Å². The van der Waals surface area contributed by atoms with E-state index in [0.717, 1.165) is 25.3 Å². The number of Topliss-reactive ketones (excluding diaryl/α,β-unsaturated/α-hetero) is 1. The molecule has 1 aromatic heterocycles. The van der Waals surface area contributed by atoms with Crippen LogP contribution in [0.15, 0.2) is 35.5 Å². The van der Waals surface area contributed by atoms with Crippen LogP contribution in [-0.2, 0) is 6.54 Å². The summed E-state index contributed by atoms with van der Waals surface area (Å²) in [6.45, 7) is 8.40. The van der Waals surface area contributed by atoms with Crippen molar-refractivity contribution in [3.63, 3.8) is 0 Å². The predicted octanol–water partition coefficient (Wildman–Crippen LogP) is 4.82. The summed E-state index contributed by atoms with van der Waals surface area (Å²) in [5.41, 5.74) is 2.60. The van der Waals surface area contributed by atoms with Crippen LogP contribution in [0.3, 0.4) is 0 Å². The van der Waals surface area contributed by atoms with Crippen LogP contribution >= 0.6 is 11.6 Å². The minimum atomic E-state index is -0.503. The molecular formula is C25H30ClFN4O2. The van der Waals surface area contributed by atoms with Gasteiger partial charge in [0.25, 0.3) is 0 Å². The first-order chi connectivity index (χ1) is 15.9. The van der Waals surface area contributed by atoms with E-state index in [-0.39, 0.29) is 23.8 Å². The highest BCUT2D eigenvalue weighted by Gasteiger charge is 2.24. The summed E-state index contributed by atoms with van der Waals surface area (Å²) >= 11 is 5.81. The van der Waals surface area contributed by atoms with Gasteiger partial charge in [-0.3, -0.25) is 14.8 Å². The zero-order valence-corrected chi connectivity index (χ0v) is 19.9. The van der Waals surface area contributed by atoms with Gasteiger partial charge in [0.15, 0.2) is 5.78 Å². The van der Waals surface area contributed by atoms with Gasteiger partial charge in [0, 0.05) is 30.4 Å². The molecule has 1 aromatic carbocycles. The molecule has 0 radical (unpaired) electrons. The van der Waals surface area contributed by atoms with Crippen molar-refractivity contribution < 1.29 is 13.9 Å². The summed E-state index contributed by atoms with van der Waals surface area (Å²) in [4.78, 5) is 24.4. The van der Waals surface area contributed by atoms with Crippen molar-refractivity contribution in [3.05, 3.63) is 52.6 Å². The average molecular weight is 473 g/mol. The number of halogens is 2. The second-order valence-corrected chi connectivity index (χ2v) is 9.41. The van der Waals surface area contributed by atoms with Gasteiger partial charge >= 0.3 is 0 Å². The molecule has 0 unspecified atom stereocenters. The van der Waals surface area contributed by atoms with Crippen LogP contribution in [0.25, 0.3) is 0 Å². The molecule has 176 valence electrons. The number of benzene rings is 1. The molecule has 1 fully saturated rings. The van der Waals surface area contributed by atoms with Gasteiger partial charge in [-0.15, -0.1) is 0 Å². The van der Waals surface area contributed by atoms with Gasteiger partial charge in [0.05, 0.1) is 28.5 Å². The van der Waals surface area contributed by atoms with Crippen LogP contribution in [0.1, 0.15) is 49.2 Å². The molecule has 0 bridgehead atoms. The number of hydrogen-bond acceptors (Lipinski definition) is 6. The summed E-state index contributed by atoms with van der Waals surface area (Å²) in [6.07, 6.45) is 4.24. The molecular weight excluding hydrogens is 443 g/mol. The number of aromatic nitrogens is 1. The highest BCUT2D eigenvalue weighted by atomic mass is 35.5. The van der Waals surface area contributed by atoms with Crippen molar-refractivity contribution >= 4 is 28.8 Å². The fraction of sp³-hybridized carbons (Fsp3) is 0.480. The summed E-state index contributed by atoms with van der Waals surface area (Å²) < 4.78 is 19.0. The summed E-state index contributed by atoms with van der Waals surface area (Å²) in [5, 5.41) is 3.51. The number of carbonyl (C=O) groups excluding carboxylic acids is 1. The Hall–Kier alpha value is -2.35. The van der Waals surface area contributed by atoms with E-state index in [4.69, 9.17) is 21.3 Å². The molecule has 2 aliphatic rings. The van der Waals surface area contributed by atoms with E-state index in [2.05, 4.69) is 29.0 Å². The zero-order valence-electron chi connectivity index (χ0n) is 19.1. The lowest BCUT2D eigenvalue weighted by Gasteiger charge is -2.34. The molecule has 0 aliphatic carbocycles.